The van der Waals surface area contributed by atoms with E-state index in [0.29, 0.717) is 12.8 Å². The zero-order valence-corrected chi connectivity index (χ0v) is 12.3. The molecule has 8 heteroatoms. The number of unbranched alkanes of at least 4 members (excludes halogenated alkanes) is 1. The molecule has 0 bridgehead atoms. The second-order valence-electron chi connectivity index (χ2n) is 4.61. The third-order valence-electron chi connectivity index (χ3n) is 2.86. The molecule has 0 spiro atoms. The highest BCUT2D eigenvalue weighted by molar-refractivity contribution is 7.88. The average molecular weight is 321 g/mol. The van der Waals surface area contributed by atoms with Crippen molar-refractivity contribution in [3.8, 4) is 0 Å². The summed E-state index contributed by atoms with van der Waals surface area (Å²) in [4.78, 5) is 11.0. The van der Waals surface area contributed by atoms with Gasteiger partial charge in [0.25, 0.3) is 0 Å². The third-order valence-corrected chi connectivity index (χ3v) is 4.17. The molecule has 0 aliphatic carbocycles. The highest BCUT2D eigenvalue weighted by atomic mass is 32.2. The SMILES string of the molecule is CCCCC(NS(=O)(=O)Cc1c(F)cccc1F)C(=O)O. The highest BCUT2D eigenvalue weighted by Crippen LogP contribution is 2.15. The van der Waals surface area contributed by atoms with Crippen LogP contribution in [-0.2, 0) is 20.6 Å². The normalized spacial score (nSPS) is 13.1. The van der Waals surface area contributed by atoms with E-state index in [1.807, 2.05) is 11.6 Å². The number of carboxylic acid groups (broad SMARTS) is 1. The predicted molar refractivity (Wildman–Crippen MR) is 73.1 cm³/mol. The van der Waals surface area contributed by atoms with Gasteiger partial charge in [-0.05, 0) is 18.6 Å². The number of rotatable bonds is 8. The molecule has 1 unspecified atom stereocenters. The van der Waals surface area contributed by atoms with Crippen molar-refractivity contribution >= 4 is 16.0 Å². The summed E-state index contributed by atoms with van der Waals surface area (Å²) in [5.41, 5.74) is -0.607. The Labute approximate surface area is 122 Å². The molecule has 1 rings (SSSR count). The Balaban J connectivity index is 2.88. The largest absolute Gasteiger partial charge is 0.480 e. The smallest absolute Gasteiger partial charge is 0.321 e. The first kappa shape index (κ1) is 17.5. The van der Waals surface area contributed by atoms with Gasteiger partial charge in [0.05, 0.1) is 5.75 Å². The number of carboxylic acids is 1. The highest BCUT2D eigenvalue weighted by Gasteiger charge is 2.25. The summed E-state index contributed by atoms with van der Waals surface area (Å²) in [5, 5.41) is 8.96. The molecule has 118 valence electrons. The van der Waals surface area contributed by atoms with E-state index in [4.69, 9.17) is 5.11 Å². The Hall–Kier alpha value is -1.54. The quantitative estimate of drug-likeness (QED) is 0.767. The number of hydrogen-bond acceptors (Lipinski definition) is 3. The van der Waals surface area contributed by atoms with Gasteiger partial charge in [0.2, 0.25) is 10.0 Å². The molecule has 0 heterocycles. The van der Waals surface area contributed by atoms with Crippen LogP contribution in [-0.4, -0.2) is 25.5 Å². The monoisotopic (exact) mass is 321 g/mol. The number of nitrogens with one attached hydrogen (secondary N) is 1. The summed E-state index contributed by atoms with van der Waals surface area (Å²) in [6.07, 6.45) is 1.34. The van der Waals surface area contributed by atoms with E-state index in [1.165, 1.54) is 0 Å². The van der Waals surface area contributed by atoms with Gasteiger partial charge in [0, 0.05) is 5.56 Å². The van der Waals surface area contributed by atoms with Gasteiger partial charge in [-0.15, -0.1) is 0 Å². The maximum absolute atomic E-state index is 13.4. The van der Waals surface area contributed by atoms with Gasteiger partial charge in [0.15, 0.2) is 0 Å². The van der Waals surface area contributed by atoms with Gasteiger partial charge in [-0.3, -0.25) is 4.79 Å². The van der Waals surface area contributed by atoms with Crippen molar-refractivity contribution in [3.63, 3.8) is 0 Å². The van der Waals surface area contributed by atoms with Crippen molar-refractivity contribution in [2.75, 3.05) is 0 Å². The second-order valence-corrected chi connectivity index (χ2v) is 6.36. The first-order valence-corrected chi connectivity index (χ1v) is 8.07. The summed E-state index contributed by atoms with van der Waals surface area (Å²) < 4.78 is 52.6. The summed E-state index contributed by atoms with van der Waals surface area (Å²) in [6, 6.07) is 1.71. The van der Waals surface area contributed by atoms with Crippen molar-refractivity contribution in [1.29, 1.82) is 0 Å². The van der Waals surface area contributed by atoms with Crippen LogP contribution in [0.5, 0.6) is 0 Å². The van der Waals surface area contributed by atoms with Crippen molar-refractivity contribution in [3.05, 3.63) is 35.4 Å². The molecule has 1 aromatic carbocycles. The van der Waals surface area contributed by atoms with Gasteiger partial charge < -0.3 is 5.11 Å². The number of halogens is 2. The van der Waals surface area contributed by atoms with E-state index in [0.717, 1.165) is 18.2 Å². The molecule has 0 saturated heterocycles. The lowest BCUT2D eigenvalue weighted by Gasteiger charge is -2.14. The fraction of sp³-hybridized carbons (Fsp3) is 0.462. The van der Waals surface area contributed by atoms with Crippen LogP contribution >= 0.6 is 0 Å². The van der Waals surface area contributed by atoms with Crippen molar-refractivity contribution in [2.24, 2.45) is 0 Å². The van der Waals surface area contributed by atoms with Gasteiger partial charge in [0.1, 0.15) is 17.7 Å². The molecular formula is C13H17F2NO4S. The summed E-state index contributed by atoms with van der Waals surface area (Å²) >= 11 is 0. The zero-order chi connectivity index (χ0) is 16.0. The molecule has 1 atom stereocenters. The number of sulfonamides is 1. The standard InChI is InChI=1S/C13H17F2NO4S/c1-2-3-7-12(13(17)18)16-21(19,20)8-9-10(14)5-4-6-11(9)15/h4-6,12,16H,2-3,7-8H2,1H3,(H,17,18). The molecule has 0 aliphatic heterocycles. The molecule has 0 saturated carbocycles. The molecule has 1 aromatic rings. The number of hydrogen-bond donors (Lipinski definition) is 2. The van der Waals surface area contributed by atoms with Gasteiger partial charge in [-0.1, -0.05) is 25.8 Å². The van der Waals surface area contributed by atoms with Crippen molar-refractivity contribution in [1.82, 2.24) is 4.72 Å². The van der Waals surface area contributed by atoms with E-state index in [9.17, 15) is 22.0 Å². The average Bonchev–Trinajstić information content (AvgIpc) is 2.39. The first-order chi connectivity index (χ1) is 9.76. The second kappa shape index (κ2) is 7.46. The Kier molecular flexibility index (Phi) is 6.22. The lowest BCUT2D eigenvalue weighted by Crippen LogP contribution is -2.41. The Bertz CT molecular complexity index is 584. The molecule has 2 N–H and O–H groups in total. The predicted octanol–water partition coefficient (Wildman–Crippen LogP) is 2.03. The topological polar surface area (TPSA) is 83.5 Å². The molecular weight excluding hydrogens is 304 g/mol. The third kappa shape index (κ3) is 5.39. The van der Waals surface area contributed by atoms with Gasteiger partial charge >= 0.3 is 5.97 Å². The Morgan fingerprint density at radius 2 is 1.90 bits per heavy atom. The molecule has 0 amide bonds. The Morgan fingerprint density at radius 1 is 1.33 bits per heavy atom. The van der Waals surface area contributed by atoms with E-state index >= 15 is 0 Å². The zero-order valence-electron chi connectivity index (χ0n) is 11.5. The minimum atomic E-state index is -4.17. The van der Waals surface area contributed by atoms with Crippen LogP contribution < -0.4 is 4.72 Å². The minimum Gasteiger partial charge on any atom is -0.480 e. The van der Waals surface area contributed by atoms with E-state index in [1.54, 1.807) is 0 Å². The summed E-state index contributed by atoms with van der Waals surface area (Å²) in [5.74, 6) is -4.23. The van der Waals surface area contributed by atoms with Gasteiger partial charge in [-0.2, -0.15) is 0 Å². The lowest BCUT2D eigenvalue weighted by molar-refractivity contribution is -0.139. The molecule has 0 fully saturated rings. The minimum absolute atomic E-state index is 0.116. The number of carbonyl (C=O) groups is 1. The van der Waals surface area contributed by atoms with E-state index < -0.39 is 45.0 Å². The molecule has 0 radical (unpaired) electrons. The fourth-order valence-corrected chi connectivity index (χ4v) is 3.15. The molecule has 21 heavy (non-hydrogen) atoms. The van der Waals surface area contributed by atoms with Crippen LogP contribution in [0.1, 0.15) is 31.7 Å². The Morgan fingerprint density at radius 3 is 2.38 bits per heavy atom. The molecule has 0 aliphatic rings. The maximum atomic E-state index is 13.4. The number of benzene rings is 1. The van der Waals surface area contributed by atoms with Crippen LogP contribution in [0.15, 0.2) is 18.2 Å². The first-order valence-electron chi connectivity index (χ1n) is 6.42. The summed E-state index contributed by atoms with van der Waals surface area (Å²) in [7, 11) is -4.17. The van der Waals surface area contributed by atoms with Crippen LogP contribution in [0.3, 0.4) is 0 Å². The van der Waals surface area contributed by atoms with E-state index in [-0.39, 0.29) is 6.42 Å². The van der Waals surface area contributed by atoms with Crippen LogP contribution in [0.4, 0.5) is 8.78 Å². The lowest BCUT2D eigenvalue weighted by atomic mass is 10.1. The van der Waals surface area contributed by atoms with Crippen molar-refractivity contribution < 1.29 is 27.1 Å². The van der Waals surface area contributed by atoms with E-state index in [2.05, 4.69) is 0 Å². The van der Waals surface area contributed by atoms with Crippen LogP contribution in [0, 0.1) is 11.6 Å². The fourth-order valence-electron chi connectivity index (χ4n) is 1.76. The molecule has 0 aromatic heterocycles. The van der Waals surface area contributed by atoms with Gasteiger partial charge in [-0.25, -0.2) is 21.9 Å². The maximum Gasteiger partial charge on any atom is 0.321 e. The van der Waals surface area contributed by atoms with Crippen LogP contribution in [0.25, 0.3) is 0 Å². The summed E-state index contributed by atoms with van der Waals surface area (Å²) in [6.45, 7) is 1.84. The van der Waals surface area contributed by atoms with Crippen molar-refractivity contribution in [2.45, 2.75) is 38.0 Å². The number of aliphatic carboxylic acids is 1. The van der Waals surface area contributed by atoms with Crippen LogP contribution in [0.2, 0.25) is 0 Å². The molecule has 5 nitrogen and oxygen atoms in total.